The fraction of sp³-hybridized carbons (Fsp3) is 0.333. The molecule has 0 unspecified atom stereocenters. The van der Waals surface area contributed by atoms with Gasteiger partial charge in [0.1, 0.15) is 0 Å². The Kier molecular flexibility index (Phi) is 2.72. The molecule has 0 saturated carbocycles. The number of carbonyl (C=O) groups is 1. The van der Waals surface area contributed by atoms with Crippen molar-refractivity contribution in [3.63, 3.8) is 0 Å². The third-order valence-corrected chi connectivity index (χ3v) is 6.35. The molecule has 2 aromatic rings. The Morgan fingerprint density at radius 3 is 2.82 bits per heavy atom. The molecule has 1 aliphatic carbocycles. The molecule has 0 N–H and O–H groups in total. The van der Waals surface area contributed by atoms with Crippen LogP contribution in [-0.4, -0.2) is 30.5 Å². The SMILES string of the molecule is Cn1nccc1S(=O)(=O)N1C[C@@H]2CCC(=O)c3cccc1c32. The van der Waals surface area contributed by atoms with Crippen LogP contribution < -0.4 is 4.31 Å². The molecule has 4 rings (SSSR count). The van der Waals surface area contributed by atoms with Crippen molar-refractivity contribution >= 4 is 21.5 Å². The maximum Gasteiger partial charge on any atom is 0.281 e. The van der Waals surface area contributed by atoms with Crippen LogP contribution in [0.25, 0.3) is 0 Å². The van der Waals surface area contributed by atoms with Crippen LogP contribution in [0.5, 0.6) is 0 Å². The normalized spacial score (nSPS) is 20.3. The van der Waals surface area contributed by atoms with Crippen molar-refractivity contribution in [2.75, 3.05) is 10.8 Å². The van der Waals surface area contributed by atoms with Crippen LogP contribution >= 0.6 is 0 Å². The predicted molar refractivity (Wildman–Crippen MR) is 80.5 cm³/mol. The number of hydrogen-bond acceptors (Lipinski definition) is 4. The van der Waals surface area contributed by atoms with Gasteiger partial charge in [-0.05, 0) is 24.1 Å². The van der Waals surface area contributed by atoms with Crippen molar-refractivity contribution in [2.45, 2.75) is 23.8 Å². The molecule has 0 spiro atoms. The number of aromatic nitrogens is 2. The van der Waals surface area contributed by atoms with Crippen molar-refractivity contribution < 1.29 is 13.2 Å². The van der Waals surface area contributed by atoms with Gasteiger partial charge in [0, 0.05) is 31.5 Å². The van der Waals surface area contributed by atoms with Gasteiger partial charge >= 0.3 is 0 Å². The molecule has 0 bridgehead atoms. The highest BCUT2D eigenvalue weighted by Crippen LogP contribution is 2.46. The average molecular weight is 317 g/mol. The minimum atomic E-state index is -3.67. The first-order chi connectivity index (χ1) is 10.5. The Hall–Kier alpha value is -2.15. The van der Waals surface area contributed by atoms with Crippen LogP contribution in [-0.2, 0) is 17.1 Å². The second-order valence-corrected chi connectivity index (χ2v) is 7.54. The second-order valence-electron chi connectivity index (χ2n) is 5.73. The van der Waals surface area contributed by atoms with E-state index in [9.17, 15) is 13.2 Å². The van der Waals surface area contributed by atoms with Gasteiger partial charge in [0.15, 0.2) is 10.8 Å². The smallest absolute Gasteiger partial charge is 0.281 e. The summed E-state index contributed by atoms with van der Waals surface area (Å²) in [6, 6.07) is 6.83. The number of anilines is 1. The van der Waals surface area contributed by atoms with Gasteiger partial charge in [-0.25, -0.2) is 0 Å². The van der Waals surface area contributed by atoms with E-state index in [2.05, 4.69) is 5.10 Å². The minimum Gasteiger partial charge on any atom is -0.294 e. The van der Waals surface area contributed by atoms with E-state index in [-0.39, 0.29) is 16.7 Å². The van der Waals surface area contributed by atoms with Gasteiger partial charge in [0.2, 0.25) is 0 Å². The zero-order valence-electron chi connectivity index (χ0n) is 12.1. The highest BCUT2D eigenvalue weighted by molar-refractivity contribution is 7.92. The fourth-order valence-corrected chi connectivity index (χ4v) is 5.10. The summed E-state index contributed by atoms with van der Waals surface area (Å²) in [6.07, 6.45) is 2.67. The number of Topliss-reactive ketones (excluding diaryl/α,β-unsaturated/α-hetero) is 1. The lowest BCUT2D eigenvalue weighted by Gasteiger charge is -2.19. The van der Waals surface area contributed by atoms with Gasteiger partial charge in [-0.1, -0.05) is 12.1 Å². The van der Waals surface area contributed by atoms with Crippen molar-refractivity contribution in [3.05, 3.63) is 41.6 Å². The molecule has 1 aromatic carbocycles. The van der Waals surface area contributed by atoms with E-state index >= 15 is 0 Å². The molecular weight excluding hydrogens is 302 g/mol. The first kappa shape index (κ1) is 13.5. The van der Waals surface area contributed by atoms with Gasteiger partial charge in [-0.15, -0.1) is 0 Å². The van der Waals surface area contributed by atoms with Crippen LogP contribution in [0, 0.1) is 0 Å². The lowest BCUT2D eigenvalue weighted by Crippen LogP contribution is -2.31. The molecule has 0 amide bonds. The van der Waals surface area contributed by atoms with Gasteiger partial charge in [0.25, 0.3) is 10.0 Å². The van der Waals surface area contributed by atoms with Crippen LogP contribution in [0.15, 0.2) is 35.5 Å². The monoisotopic (exact) mass is 317 g/mol. The van der Waals surface area contributed by atoms with Crippen molar-refractivity contribution in [2.24, 2.45) is 7.05 Å². The molecular formula is C15H15N3O3S. The number of nitrogens with zero attached hydrogens (tertiary/aromatic N) is 3. The largest absolute Gasteiger partial charge is 0.294 e. The lowest BCUT2D eigenvalue weighted by atomic mass is 9.83. The van der Waals surface area contributed by atoms with E-state index in [4.69, 9.17) is 0 Å². The van der Waals surface area contributed by atoms with E-state index in [1.165, 1.54) is 21.3 Å². The van der Waals surface area contributed by atoms with Crippen molar-refractivity contribution in [3.8, 4) is 0 Å². The van der Waals surface area contributed by atoms with Crippen LogP contribution in [0.4, 0.5) is 5.69 Å². The Morgan fingerprint density at radius 1 is 1.27 bits per heavy atom. The summed E-state index contributed by atoms with van der Waals surface area (Å²) >= 11 is 0. The summed E-state index contributed by atoms with van der Waals surface area (Å²) in [4.78, 5) is 12.1. The first-order valence-electron chi connectivity index (χ1n) is 7.17. The van der Waals surface area contributed by atoms with Gasteiger partial charge in [-0.2, -0.15) is 13.5 Å². The van der Waals surface area contributed by atoms with Gasteiger partial charge in [0.05, 0.1) is 11.9 Å². The molecule has 2 heterocycles. The molecule has 1 aromatic heterocycles. The maximum atomic E-state index is 12.9. The summed E-state index contributed by atoms with van der Waals surface area (Å²) in [5.41, 5.74) is 2.21. The van der Waals surface area contributed by atoms with Crippen LogP contribution in [0.1, 0.15) is 34.7 Å². The van der Waals surface area contributed by atoms with Crippen LogP contribution in [0.3, 0.4) is 0 Å². The Labute approximate surface area is 128 Å². The number of ketones is 1. The molecule has 114 valence electrons. The maximum absolute atomic E-state index is 12.9. The van der Waals surface area contributed by atoms with Crippen LogP contribution in [0.2, 0.25) is 0 Å². The number of aryl methyl sites for hydroxylation is 1. The number of hydrogen-bond donors (Lipinski definition) is 0. The molecule has 6 nitrogen and oxygen atoms in total. The Balaban J connectivity index is 1.89. The summed E-state index contributed by atoms with van der Waals surface area (Å²) in [5.74, 6) is 0.208. The van der Waals surface area contributed by atoms with E-state index in [1.54, 1.807) is 25.2 Å². The molecule has 1 aliphatic heterocycles. The number of rotatable bonds is 2. The summed E-state index contributed by atoms with van der Waals surface area (Å²) in [7, 11) is -2.06. The predicted octanol–water partition coefficient (Wildman–Crippen LogP) is 1.69. The second kappa shape index (κ2) is 4.42. The van der Waals surface area contributed by atoms with Gasteiger partial charge in [-0.3, -0.25) is 13.8 Å². The number of benzene rings is 1. The van der Waals surface area contributed by atoms with E-state index < -0.39 is 10.0 Å². The standard InChI is InChI=1S/C15H15N3O3S/c1-17-14(7-8-16-17)22(20,21)18-9-10-5-6-13(19)11-3-2-4-12(18)15(10)11/h2-4,7-8,10H,5-6,9H2,1H3/t10-/m0/s1. The quantitative estimate of drug-likeness (QED) is 0.845. The summed E-state index contributed by atoms with van der Waals surface area (Å²) in [5, 5.41) is 4.11. The van der Waals surface area contributed by atoms with Crippen molar-refractivity contribution in [1.82, 2.24) is 9.78 Å². The third kappa shape index (κ3) is 1.68. The average Bonchev–Trinajstić information content (AvgIpc) is 3.08. The van der Waals surface area contributed by atoms with E-state index in [0.29, 0.717) is 30.6 Å². The molecule has 2 aliphatic rings. The summed E-state index contributed by atoms with van der Waals surface area (Å²) in [6.45, 7) is 0.396. The number of sulfonamides is 1. The van der Waals surface area contributed by atoms with E-state index in [1.807, 2.05) is 0 Å². The molecule has 7 heteroatoms. The Bertz CT molecular complexity index is 885. The molecule has 0 fully saturated rings. The molecule has 1 atom stereocenters. The van der Waals surface area contributed by atoms with Gasteiger partial charge < -0.3 is 0 Å². The molecule has 0 saturated heterocycles. The highest BCUT2D eigenvalue weighted by atomic mass is 32.2. The highest BCUT2D eigenvalue weighted by Gasteiger charge is 2.41. The first-order valence-corrected chi connectivity index (χ1v) is 8.61. The fourth-order valence-electron chi connectivity index (χ4n) is 3.46. The Morgan fingerprint density at radius 2 is 2.09 bits per heavy atom. The molecule has 22 heavy (non-hydrogen) atoms. The lowest BCUT2D eigenvalue weighted by molar-refractivity contribution is 0.0968. The molecule has 0 radical (unpaired) electrons. The van der Waals surface area contributed by atoms with E-state index in [0.717, 1.165) is 5.56 Å². The van der Waals surface area contributed by atoms with Crippen molar-refractivity contribution in [1.29, 1.82) is 0 Å². The minimum absolute atomic E-state index is 0.104. The zero-order valence-corrected chi connectivity index (χ0v) is 12.9. The third-order valence-electron chi connectivity index (χ3n) is 4.50. The zero-order chi connectivity index (χ0) is 15.5. The number of carbonyl (C=O) groups excluding carboxylic acids is 1. The summed E-state index contributed by atoms with van der Waals surface area (Å²) < 4.78 is 28.6. The topological polar surface area (TPSA) is 72.3 Å².